The minimum Gasteiger partial charge on any atom is -0.489 e. The lowest BCUT2D eigenvalue weighted by Crippen LogP contribution is -2.32. The van der Waals surface area contributed by atoms with Gasteiger partial charge in [0.1, 0.15) is 18.0 Å². The van der Waals surface area contributed by atoms with Crippen LogP contribution in [0.1, 0.15) is 33.8 Å². The zero-order valence-electron chi connectivity index (χ0n) is 15.7. The standard InChI is InChI=1S/C18H30N2O6.CH4/c1-18(2,3)26-17(22)20-13-14-5-4-6-15(19)16(14)25-12-11-24-10-9-23-8-7-21;/h4-6,21H,7-13,19H2,1-3H3,(H,20,22);1H4. The van der Waals surface area contributed by atoms with Crippen molar-refractivity contribution in [2.75, 3.05) is 45.4 Å². The molecule has 0 radical (unpaired) electrons. The number of nitrogens with one attached hydrogen (secondary N) is 1. The van der Waals surface area contributed by atoms with Gasteiger partial charge in [-0.25, -0.2) is 4.79 Å². The van der Waals surface area contributed by atoms with E-state index in [0.29, 0.717) is 44.5 Å². The van der Waals surface area contributed by atoms with Crippen LogP contribution < -0.4 is 15.8 Å². The van der Waals surface area contributed by atoms with Crippen molar-refractivity contribution in [1.29, 1.82) is 0 Å². The Hall–Kier alpha value is -2.03. The number of ether oxygens (including phenoxy) is 4. The third-order valence-corrected chi connectivity index (χ3v) is 3.03. The number of hydrogen-bond donors (Lipinski definition) is 3. The first kappa shape index (κ1) is 25.0. The highest BCUT2D eigenvalue weighted by atomic mass is 16.6. The fraction of sp³-hybridized carbons (Fsp3) is 0.632. The van der Waals surface area contributed by atoms with E-state index in [2.05, 4.69) is 5.32 Å². The molecule has 0 atom stereocenters. The van der Waals surface area contributed by atoms with E-state index < -0.39 is 11.7 Å². The zero-order valence-corrected chi connectivity index (χ0v) is 15.7. The van der Waals surface area contributed by atoms with Crippen LogP contribution in [-0.4, -0.2) is 56.4 Å². The van der Waals surface area contributed by atoms with Gasteiger partial charge in [-0.15, -0.1) is 0 Å². The molecule has 4 N–H and O–H groups in total. The number of aliphatic hydroxyl groups excluding tert-OH is 1. The topological polar surface area (TPSA) is 112 Å². The molecule has 0 heterocycles. The molecule has 0 aliphatic carbocycles. The third-order valence-electron chi connectivity index (χ3n) is 3.03. The van der Waals surface area contributed by atoms with E-state index in [1.165, 1.54) is 0 Å². The van der Waals surface area contributed by atoms with E-state index in [0.717, 1.165) is 5.56 Å². The van der Waals surface area contributed by atoms with Crippen molar-refractivity contribution in [2.45, 2.75) is 40.3 Å². The Kier molecular flexibility index (Phi) is 12.2. The molecule has 0 spiro atoms. The second kappa shape index (κ2) is 13.2. The van der Waals surface area contributed by atoms with Gasteiger partial charge in [-0.3, -0.25) is 0 Å². The SMILES string of the molecule is C.CC(C)(C)OC(=O)NCc1cccc(N)c1OCCOCCOCCO. The number of para-hydroxylation sites is 1. The monoisotopic (exact) mass is 386 g/mol. The summed E-state index contributed by atoms with van der Waals surface area (Å²) in [6.45, 7) is 7.46. The summed E-state index contributed by atoms with van der Waals surface area (Å²) in [4.78, 5) is 11.8. The van der Waals surface area contributed by atoms with Gasteiger partial charge in [0.25, 0.3) is 0 Å². The second-order valence-electron chi connectivity index (χ2n) is 6.49. The van der Waals surface area contributed by atoms with Crippen molar-refractivity contribution in [3.8, 4) is 5.75 Å². The van der Waals surface area contributed by atoms with Crippen molar-refractivity contribution in [2.24, 2.45) is 0 Å². The molecular formula is C19H34N2O6. The molecule has 0 bridgehead atoms. The van der Waals surface area contributed by atoms with Crippen LogP contribution in [0.15, 0.2) is 18.2 Å². The van der Waals surface area contributed by atoms with Crippen molar-refractivity contribution < 1.29 is 28.8 Å². The highest BCUT2D eigenvalue weighted by Crippen LogP contribution is 2.26. The van der Waals surface area contributed by atoms with Crippen LogP contribution in [0.25, 0.3) is 0 Å². The maximum absolute atomic E-state index is 11.8. The van der Waals surface area contributed by atoms with Crippen LogP contribution >= 0.6 is 0 Å². The van der Waals surface area contributed by atoms with E-state index in [1.54, 1.807) is 32.9 Å². The summed E-state index contributed by atoms with van der Waals surface area (Å²) in [5.74, 6) is 0.517. The Balaban J connectivity index is 0.00000676. The number of aliphatic hydroxyl groups is 1. The normalized spacial score (nSPS) is 10.8. The van der Waals surface area contributed by atoms with Crippen LogP contribution in [0.5, 0.6) is 5.75 Å². The fourth-order valence-electron chi connectivity index (χ4n) is 1.99. The number of benzene rings is 1. The van der Waals surface area contributed by atoms with Crippen molar-refractivity contribution in [3.05, 3.63) is 23.8 Å². The van der Waals surface area contributed by atoms with Gasteiger partial charge in [0.2, 0.25) is 0 Å². The minimum atomic E-state index is -0.558. The highest BCUT2D eigenvalue weighted by molar-refractivity contribution is 5.68. The first-order valence-electron chi connectivity index (χ1n) is 8.57. The number of carbonyl (C=O) groups is 1. The summed E-state index contributed by atoms with van der Waals surface area (Å²) in [7, 11) is 0. The Morgan fingerprint density at radius 3 is 2.37 bits per heavy atom. The van der Waals surface area contributed by atoms with E-state index >= 15 is 0 Å². The molecule has 0 fully saturated rings. The second-order valence-corrected chi connectivity index (χ2v) is 6.49. The molecule has 0 aliphatic rings. The fourth-order valence-corrected chi connectivity index (χ4v) is 1.99. The molecule has 1 amide bonds. The van der Waals surface area contributed by atoms with E-state index in [1.807, 2.05) is 6.07 Å². The van der Waals surface area contributed by atoms with E-state index in [4.69, 9.17) is 29.8 Å². The minimum absolute atomic E-state index is 0. The Morgan fingerprint density at radius 2 is 1.74 bits per heavy atom. The van der Waals surface area contributed by atoms with E-state index in [-0.39, 0.29) is 20.6 Å². The molecule has 8 nitrogen and oxygen atoms in total. The number of nitrogens with two attached hydrogens (primary N) is 1. The number of carbonyl (C=O) groups excluding carboxylic acids is 1. The van der Waals surface area contributed by atoms with Gasteiger partial charge in [0, 0.05) is 12.1 Å². The number of amides is 1. The van der Waals surface area contributed by atoms with Crippen LogP contribution in [0.3, 0.4) is 0 Å². The van der Waals surface area contributed by atoms with Crippen LogP contribution in [-0.2, 0) is 20.8 Å². The molecule has 0 aromatic heterocycles. The third kappa shape index (κ3) is 11.3. The average Bonchev–Trinajstić information content (AvgIpc) is 2.55. The van der Waals surface area contributed by atoms with Crippen LogP contribution in [0.2, 0.25) is 0 Å². The van der Waals surface area contributed by atoms with Crippen LogP contribution in [0.4, 0.5) is 10.5 Å². The first-order chi connectivity index (χ1) is 12.3. The molecule has 27 heavy (non-hydrogen) atoms. The van der Waals surface area contributed by atoms with Gasteiger partial charge in [-0.05, 0) is 26.8 Å². The number of rotatable bonds is 11. The molecule has 0 unspecified atom stereocenters. The zero-order chi connectivity index (χ0) is 19.4. The van der Waals surface area contributed by atoms with Crippen molar-refractivity contribution >= 4 is 11.8 Å². The number of hydrogen-bond acceptors (Lipinski definition) is 7. The van der Waals surface area contributed by atoms with Gasteiger partial charge in [-0.1, -0.05) is 19.6 Å². The van der Waals surface area contributed by atoms with Gasteiger partial charge < -0.3 is 35.1 Å². The summed E-state index contributed by atoms with van der Waals surface area (Å²) in [6, 6.07) is 5.35. The lowest BCUT2D eigenvalue weighted by molar-refractivity contribution is 0.0247. The van der Waals surface area contributed by atoms with Gasteiger partial charge in [0.05, 0.1) is 38.7 Å². The Labute approximate surface area is 161 Å². The Morgan fingerprint density at radius 1 is 1.11 bits per heavy atom. The lowest BCUT2D eigenvalue weighted by Gasteiger charge is -2.20. The maximum atomic E-state index is 11.8. The Bertz CT molecular complexity index is 545. The number of nitrogen functional groups attached to an aromatic ring is 1. The summed E-state index contributed by atoms with van der Waals surface area (Å²) in [5.41, 5.74) is 6.65. The lowest BCUT2D eigenvalue weighted by atomic mass is 10.1. The molecule has 1 aromatic carbocycles. The molecule has 0 aliphatic heterocycles. The molecule has 1 rings (SSSR count). The first-order valence-corrected chi connectivity index (χ1v) is 8.57. The number of alkyl carbamates (subject to hydrolysis) is 1. The summed E-state index contributed by atoms with van der Waals surface area (Å²) in [6.07, 6.45) is -0.503. The van der Waals surface area contributed by atoms with Crippen molar-refractivity contribution in [1.82, 2.24) is 5.32 Å². The van der Waals surface area contributed by atoms with E-state index in [9.17, 15) is 4.79 Å². The summed E-state index contributed by atoms with van der Waals surface area (Å²) < 4.78 is 21.4. The predicted octanol–water partition coefficient (Wildman–Crippen LogP) is 2.33. The average molecular weight is 386 g/mol. The largest absolute Gasteiger partial charge is 0.489 e. The predicted molar refractivity (Wildman–Crippen MR) is 105 cm³/mol. The molecular weight excluding hydrogens is 352 g/mol. The smallest absolute Gasteiger partial charge is 0.407 e. The maximum Gasteiger partial charge on any atom is 0.407 e. The molecule has 8 heteroatoms. The van der Waals surface area contributed by atoms with Gasteiger partial charge >= 0.3 is 6.09 Å². The summed E-state index contributed by atoms with van der Waals surface area (Å²) >= 11 is 0. The molecule has 1 aromatic rings. The van der Waals surface area contributed by atoms with Crippen molar-refractivity contribution in [3.63, 3.8) is 0 Å². The van der Waals surface area contributed by atoms with Crippen LogP contribution in [0, 0.1) is 0 Å². The molecule has 0 saturated carbocycles. The van der Waals surface area contributed by atoms with Gasteiger partial charge in [-0.2, -0.15) is 0 Å². The molecule has 0 saturated heterocycles. The quantitative estimate of drug-likeness (QED) is 0.395. The summed E-state index contributed by atoms with van der Waals surface area (Å²) in [5, 5.41) is 11.3. The van der Waals surface area contributed by atoms with Gasteiger partial charge in [0.15, 0.2) is 0 Å². The molecule has 156 valence electrons. The number of anilines is 1. The highest BCUT2D eigenvalue weighted by Gasteiger charge is 2.16.